The number of halogens is 1. The van der Waals surface area contributed by atoms with E-state index in [4.69, 9.17) is 0 Å². The first-order valence-electron chi connectivity index (χ1n) is 9.79. The van der Waals surface area contributed by atoms with Gasteiger partial charge in [0.15, 0.2) is 0 Å². The SMILES string of the molecule is Cc1cc(C)n(Cn2ccc(C(=O)N3CCN(Cc4ccccc4F)CC3)n2)n1. The van der Waals surface area contributed by atoms with Gasteiger partial charge in [0.25, 0.3) is 5.91 Å². The van der Waals surface area contributed by atoms with Gasteiger partial charge in [0.05, 0.1) is 5.69 Å². The monoisotopic (exact) mass is 396 g/mol. The van der Waals surface area contributed by atoms with E-state index in [0.717, 1.165) is 11.4 Å². The van der Waals surface area contributed by atoms with Crippen LogP contribution in [-0.2, 0) is 13.2 Å². The standard InChI is InChI=1S/C21H25FN6O/c1-16-13-17(2)28(23-16)15-27-8-7-20(24-27)21(29)26-11-9-25(10-12-26)14-18-5-3-4-6-19(18)22/h3-8,13H,9-12,14-15H2,1-2H3. The van der Waals surface area contributed by atoms with Gasteiger partial charge in [0.1, 0.15) is 18.2 Å². The Bertz CT molecular complexity index is 1000. The first kappa shape index (κ1) is 19.3. The van der Waals surface area contributed by atoms with E-state index in [-0.39, 0.29) is 11.7 Å². The Morgan fingerprint density at radius 3 is 2.52 bits per heavy atom. The molecule has 1 aliphatic heterocycles. The van der Waals surface area contributed by atoms with Crippen molar-refractivity contribution in [3.63, 3.8) is 0 Å². The normalized spacial score (nSPS) is 15.1. The predicted octanol–water partition coefficient (Wildman–Crippen LogP) is 2.30. The molecule has 1 aromatic carbocycles. The summed E-state index contributed by atoms with van der Waals surface area (Å²) in [4.78, 5) is 16.8. The van der Waals surface area contributed by atoms with Crippen molar-refractivity contribution in [3.05, 3.63) is 71.1 Å². The first-order chi connectivity index (χ1) is 14.0. The summed E-state index contributed by atoms with van der Waals surface area (Å²) in [6, 6.07) is 10.6. The molecule has 8 heteroatoms. The highest BCUT2D eigenvalue weighted by Gasteiger charge is 2.24. The van der Waals surface area contributed by atoms with Gasteiger partial charge >= 0.3 is 0 Å². The molecule has 0 aliphatic carbocycles. The van der Waals surface area contributed by atoms with Crippen molar-refractivity contribution < 1.29 is 9.18 Å². The van der Waals surface area contributed by atoms with Crippen molar-refractivity contribution >= 4 is 5.91 Å². The second-order valence-electron chi connectivity index (χ2n) is 7.47. The third-order valence-corrected chi connectivity index (χ3v) is 5.25. The van der Waals surface area contributed by atoms with Gasteiger partial charge < -0.3 is 4.90 Å². The van der Waals surface area contributed by atoms with Crippen molar-refractivity contribution in [2.24, 2.45) is 0 Å². The lowest BCUT2D eigenvalue weighted by molar-refractivity contribution is 0.0620. The van der Waals surface area contributed by atoms with Gasteiger partial charge in [-0.1, -0.05) is 18.2 Å². The van der Waals surface area contributed by atoms with Crippen LogP contribution in [-0.4, -0.2) is 61.4 Å². The van der Waals surface area contributed by atoms with E-state index in [1.165, 1.54) is 6.07 Å². The fourth-order valence-corrected chi connectivity index (χ4v) is 3.65. The lowest BCUT2D eigenvalue weighted by atomic mass is 10.2. The number of aryl methyl sites for hydroxylation is 2. The van der Waals surface area contributed by atoms with E-state index in [1.54, 1.807) is 23.0 Å². The topological polar surface area (TPSA) is 59.2 Å². The van der Waals surface area contributed by atoms with E-state index in [2.05, 4.69) is 15.1 Å². The Balaban J connectivity index is 1.33. The summed E-state index contributed by atoms with van der Waals surface area (Å²) in [7, 11) is 0. The smallest absolute Gasteiger partial charge is 0.274 e. The van der Waals surface area contributed by atoms with Crippen LogP contribution in [0.15, 0.2) is 42.6 Å². The summed E-state index contributed by atoms with van der Waals surface area (Å²) in [5.41, 5.74) is 3.14. The lowest BCUT2D eigenvalue weighted by Gasteiger charge is -2.34. The Morgan fingerprint density at radius 2 is 1.83 bits per heavy atom. The molecule has 1 fully saturated rings. The maximum atomic E-state index is 13.8. The minimum absolute atomic E-state index is 0.0670. The van der Waals surface area contributed by atoms with Crippen molar-refractivity contribution in [2.75, 3.05) is 26.2 Å². The first-order valence-corrected chi connectivity index (χ1v) is 9.79. The lowest BCUT2D eigenvalue weighted by Crippen LogP contribution is -2.48. The number of hydrogen-bond acceptors (Lipinski definition) is 4. The number of carbonyl (C=O) groups excluding carboxylic acids is 1. The highest BCUT2D eigenvalue weighted by atomic mass is 19.1. The number of rotatable bonds is 5. The molecule has 1 amide bonds. The van der Waals surface area contributed by atoms with Crippen molar-refractivity contribution in [1.82, 2.24) is 29.4 Å². The van der Waals surface area contributed by atoms with E-state index < -0.39 is 0 Å². The van der Waals surface area contributed by atoms with E-state index in [0.29, 0.717) is 50.6 Å². The molecule has 29 heavy (non-hydrogen) atoms. The van der Waals surface area contributed by atoms with E-state index >= 15 is 0 Å². The van der Waals surface area contributed by atoms with Crippen LogP contribution in [0.5, 0.6) is 0 Å². The second kappa shape index (κ2) is 8.16. The van der Waals surface area contributed by atoms with Gasteiger partial charge in [-0.15, -0.1) is 0 Å². The average Bonchev–Trinajstić information content (AvgIpc) is 3.30. The quantitative estimate of drug-likeness (QED) is 0.664. The van der Waals surface area contributed by atoms with Crippen LogP contribution in [0.4, 0.5) is 4.39 Å². The molecule has 0 saturated carbocycles. The summed E-state index contributed by atoms with van der Waals surface area (Å²) >= 11 is 0. The van der Waals surface area contributed by atoms with Gasteiger partial charge in [-0.05, 0) is 32.0 Å². The molecule has 4 rings (SSSR count). The molecule has 0 spiro atoms. The minimum atomic E-state index is -0.181. The van der Waals surface area contributed by atoms with Gasteiger partial charge in [0.2, 0.25) is 0 Å². The van der Waals surface area contributed by atoms with E-state index in [1.807, 2.05) is 41.6 Å². The molecule has 0 atom stereocenters. The molecule has 0 bridgehead atoms. The molecule has 2 aromatic heterocycles. The molecular formula is C21H25FN6O. The maximum Gasteiger partial charge on any atom is 0.274 e. The van der Waals surface area contributed by atoms with Crippen LogP contribution in [0.2, 0.25) is 0 Å². The molecule has 3 aromatic rings. The summed E-state index contributed by atoms with van der Waals surface area (Å²) in [5.74, 6) is -0.248. The fourth-order valence-electron chi connectivity index (χ4n) is 3.65. The molecule has 0 N–H and O–H groups in total. The number of hydrogen-bond donors (Lipinski definition) is 0. The van der Waals surface area contributed by atoms with Crippen LogP contribution in [0.25, 0.3) is 0 Å². The number of piperazine rings is 1. The van der Waals surface area contributed by atoms with Crippen LogP contribution in [0, 0.1) is 19.7 Å². The second-order valence-corrected chi connectivity index (χ2v) is 7.47. The van der Waals surface area contributed by atoms with E-state index in [9.17, 15) is 9.18 Å². The number of benzene rings is 1. The maximum absolute atomic E-state index is 13.8. The number of amides is 1. The molecular weight excluding hydrogens is 371 g/mol. The highest BCUT2D eigenvalue weighted by molar-refractivity contribution is 5.92. The molecule has 0 unspecified atom stereocenters. The van der Waals surface area contributed by atoms with Gasteiger partial charge in [-0.3, -0.25) is 14.4 Å². The molecule has 1 saturated heterocycles. The number of carbonyl (C=O) groups is 1. The van der Waals surface area contributed by atoms with Crippen LogP contribution < -0.4 is 0 Å². The molecule has 1 aliphatic rings. The highest BCUT2D eigenvalue weighted by Crippen LogP contribution is 2.13. The minimum Gasteiger partial charge on any atom is -0.335 e. The fraction of sp³-hybridized carbons (Fsp3) is 0.381. The molecule has 152 valence electrons. The van der Waals surface area contributed by atoms with Crippen LogP contribution in [0.1, 0.15) is 27.4 Å². The Morgan fingerprint density at radius 1 is 1.07 bits per heavy atom. The Labute approximate surface area is 169 Å². The summed E-state index contributed by atoms with van der Waals surface area (Å²) in [6.45, 7) is 7.63. The zero-order valence-corrected chi connectivity index (χ0v) is 16.8. The van der Waals surface area contributed by atoms with Crippen LogP contribution in [0.3, 0.4) is 0 Å². The summed E-state index contributed by atoms with van der Waals surface area (Å²) in [5, 5.41) is 8.86. The zero-order valence-electron chi connectivity index (χ0n) is 16.8. The largest absolute Gasteiger partial charge is 0.335 e. The summed E-state index contributed by atoms with van der Waals surface area (Å²) < 4.78 is 17.4. The van der Waals surface area contributed by atoms with Crippen molar-refractivity contribution in [2.45, 2.75) is 27.1 Å². The van der Waals surface area contributed by atoms with Gasteiger partial charge in [0, 0.05) is 50.2 Å². The van der Waals surface area contributed by atoms with Gasteiger partial charge in [-0.25, -0.2) is 9.07 Å². The third-order valence-electron chi connectivity index (χ3n) is 5.25. The Hall–Kier alpha value is -3.00. The number of nitrogens with zero attached hydrogens (tertiary/aromatic N) is 6. The summed E-state index contributed by atoms with van der Waals surface area (Å²) in [6.07, 6.45) is 1.80. The predicted molar refractivity (Wildman–Crippen MR) is 107 cm³/mol. The average molecular weight is 396 g/mol. The molecule has 0 radical (unpaired) electrons. The van der Waals surface area contributed by atoms with Crippen molar-refractivity contribution in [1.29, 1.82) is 0 Å². The number of aromatic nitrogens is 4. The molecule has 7 nitrogen and oxygen atoms in total. The third kappa shape index (κ3) is 4.37. The van der Waals surface area contributed by atoms with Gasteiger partial charge in [-0.2, -0.15) is 10.2 Å². The Kier molecular flexibility index (Phi) is 5.44. The van der Waals surface area contributed by atoms with Crippen molar-refractivity contribution in [3.8, 4) is 0 Å². The molecule has 3 heterocycles. The zero-order chi connectivity index (χ0) is 20.4. The van der Waals surface area contributed by atoms with Crippen LogP contribution >= 0.6 is 0 Å².